The maximum absolute atomic E-state index is 13.4. The molecule has 0 bridgehead atoms. The van der Waals surface area contributed by atoms with Crippen molar-refractivity contribution in [3.8, 4) is 5.75 Å². The Balaban J connectivity index is 1.56. The summed E-state index contributed by atoms with van der Waals surface area (Å²) in [5.41, 5.74) is 2.96. The van der Waals surface area contributed by atoms with Gasteiger partial charge in [0, 0.05) is 48.8 Å². The van der Waals surface area contributed by atoms with Crippen molar-refractivity contribution in [2.75, 3.05) is 37.4 Å². The number of nitrogens with one attached hydrogen (secondary N) is 3. The molecule has 1 aliphatic rings. The van der Waals surface area contributed by atoms with E-state index in [4.69, 9.17) is 4.74 Å². The molecule has 1 aromatic carbocycles. The van der Waals surface area contributed by atoms with Crippen molar-refractivity contribution in [1.82, 2.24) is 14.9 Å². The van der Waals surface area contributed by atoms with Gasteiger partial charge in [-0.2, -0.15) is 0 Å². The minimum absolute atomic E-state index is 0.0176. The number of quaternary nitrogens is 1. The molecule has 0 saturated heterocycles. The van der Waals surface area contributed by atoms with Crippen molar-refractivity contribution in [2.24, 2.45) is 5.92 Å². The first-order valence-corrected chi connectivity index (χ1v) is 13.2. The maximum atomic E-state index is 13.4. The average Bonchev–Trinajstić information content (AvgIpc) is 2.97. The van der Waals surface area contributed by atoms with Crippen molar-refractivity contribution in [2.45, 2.75) is 39.0 Å². The number of aliphatic hydroxyl groups is 1. The van der Waals surface area contributed by atoms with E-state index in [1.165, 1.54) is 0 Å². The summed E-state index contributed by atoms with van der Waals surface area (Å²) in [4.78, 5) is 37.0. The van der Waals surface area contributed by atoms with Crippen molar-refractivity contribution in [3.63, 3.8) is 0 Å². The Hall–Kier alpha value is -3.86. The van der Waals surface area contributed by atoms with Crippen LogP contribution in [0.2, 0.25) is 0 Å². The molecule has 0 fully saturated rings. The van der Waals surface area contributed by atoms with Crippen LogP contribution in [0.3, 0.4) is 0 Å². The number of nitrogens with zero attached hydrogens (tertiary/aromatic N) is 3. The fourth-order valence-electron chi connectivity index (χ4n) is 4.77. The predicted octanol–water partition coefficient (Wildman–Crippen LogP) is 1.98. The Bertz CT molecular complexity index is 1240. The zero-order valence-electron chi connectivity index (χ0n) is 22.6. The highest BCUT2D eigenvalue weighted by molar-refractivity contribution is 5.99. The highest BCUT2D eigenvalue weighted by Crippen LogP contribution is 2.27. The first-order chi connectivity index (χ1) is 18.8. The van der Waals surface area contributed by atoms with Crippen LogP contribution in [0.4, 0.5) is 16.2 Å². The van der Waals surface area contributed by atoms with Crippen LogP contribution in [0.5, 0.6) is 5.75 Å². The number of carbonyl (C=O) groups excluding carboxylic acids is 2. The normalized spacial score (nSPS) is 20.1. The fourth-order valence-corrected chi connectivity index (χ4v) is 4.77. The second-order valence-corrected chi connectivity index (χ2v) is 10.2. The molecule has 206 valence electrons. The highest BCUT2D eigenvalue weighted by atomic mass is 16.5. The van der Waals surface area contributed by atoms with Gasteiger partial charge in [-0.1, -0.05) is 6.92 Å². The molecule has 10 heteroatoms. The van der Waals surface area contributed by atoms with Crippen LogP contribution in [0.25, 0.3) is 0 Å². The molecule has 39 heavy (non-hydrogen) atoms. The number of carbonyl (C=O) groups is 2. The number of aromatic nitrogens is 2. The molecule has 2 unspecified atom stereocenters. The molecule has 3 aromatic rings. The van der Waals surface area contributed by atoms with E-state index >= 15 is 0 Å². The highest BCUT2D eigenvalue weighted by Gasteiger charge is 2.34. The summed E-state index contributed by atoms with van der Waals surface area (Å²) in [5, 5.41) is 15.5. The summed E-state index contributed by atoms with van der Waals surface area (Å²) in [5.74, 6) is 0.636. The number of hydrogen-bond acceptors (Lipinski definition) is 7. The SMILES string of the molecule is CC1C[NH+]([C@@H](C)CO)C(=O)Cc2cc(NC(=O)Nc3cccnc3)ccc2O[C@H]1CN(C)Cc1ccncc1. The second kappa shape index (κ2) is 13.3. The molecule has 0 aliphatic carbocycles. The molecule has 4 rings (SSSR count). The Morgan fingerprint density at radius 1 is 1.15 bits per heavy atom. The Kier molecular flexibility index (Phi) is 9.59. The van der Waals surface area contributed by atoms with Gasteiger partial charge in [-0.3, -0.25) is 19.8 Å². The van der Waals surface area contributed by atoms with E-state index in [2.05, 4.69) is 32.4 Å². The largest absolute Gasteiger partial charge is 0.488 e. The van der Waals surface area contributed by atoms with Gasteiger partial charge in [-0.15, -0.1) is 0 Å². The number of urea groups is 1. The lowest BCUT2D eigenvalue weighted by atomic mass is 10.0. The van der Waals surface area contributed by atoms with Gasteiger partial charge >= 0.3 is 11.9 Å². The third kappa shape index (κ3) is 7.82. The Morgan fingerprint density at radius 3 is 2.64 bits per heavy atom. The van der Waals surface area contributed by atoms with Crippen LogP contribution in [-0.4, -0.2) is 70.8 Å². The number of ether oxygens (including phenoxy) is 1. The molecule has 10 nitrogen and oxygen atoms in total. The lowest BCUT2D eigenvalue weighted by Gasteiger charge is -2.31. The van der Waals surface area contributed by atoms with Crippen LogP contribution in [0, 0.1) is 5.92 Å². The number of pyridine rings is 2. The standard InChI is InChI=1S/C29H36N6O4/c1-20-16-35(21(2)19-36)28(37)14-23-13-24(32-29(38)33-25-5-4-10-31-15-25)6-7-26(23)39-27(20)18-34(3)17-22-8-11-30-12-9-22/h4-13,15,20-21,27,36H,14,16-19H2,1-3H3,(H2,32,33,38)/p+1/t20?,21-,27-/m0/s1. The zero-order chi connectivity index (χ0) is 27.8. The number of benzene rings is 1. The molecule has 3 amide bonds. The van der Waals surface area contributed by atoms with Gasteiger partial charge in [-0.25, -0.2) is 9.59 Å². The number of rotatable bonds is 8. The van der Waals surface area contributed by atoms with E-state index in [1.54, 1.807) is 49.1 Å². The summed E-state index contributed by atoms with van der Waals surface area (Å²) in [6, 6.07) is 12.2. The fraction of sp³-hybridized carbons (Fsp3) is 0.379. The van der Waals surface area contributed by atoms with Crippen LogP contribution < -0.4 is 20.3 Å². The van der Waals surface area contributed by atoms with Gasteiger partial charge in [0.25, 0.3) is 0 Å². The first kappa shape index (κ1) is 28.2. The van der Waals surface area contributed by atoms with Crippen molar-refractivity contribution in [3.05, 3.63) is 78.4 Å². The second-order valence-electron chi connectivity index (χ2n) is 10.2. The number of fused-ring (bicyclic) bond motifs is 1. The number of aliphatic hydroxyl groups excluding tert-OH is 1. The summed E-state index contributed by atoms with van der Waals surface area (Å²) >= 11 is 0. The number of amides is 3. The lowest BCUT2D eigenvalue weighted by molar-refractivity contribution is -0.850. The average molecular weight is 534 g/mol. The topological polar surface area (TPSA) is 121 Å². The lowest BCUT2D eigenvalue weighted by Crippen LogP contribution is -3.19. The van der Waals surface area contributed by atoms with Crippen LogP contribution in [0.1, 0.15) is 25.0 Å². The van der Waals surface area contributed by atoms with Crippen molar-refractivity contribution in [1.29, 1.82) is 0 Å². The van der Waals surface area contributed by atoms with E-state index in [0.29, 0.717) is 35.8 Å². The first-order valence-electron chi connectivity index (χ1n) is 13.2. The third-order valence-electron chi connectivity index (χ3n) is 6.96. The van der Waals surface area contributed by atoms with Gasteiger partial charge in [0.05, 0.1) is 31.5 Å². The monoisotopic (exact) mass is 533 g/mol. The van der Waals surface area contributed by atoms with E-state index in [1.807, 2.05) is 32.2 Å². The number of likely N-dealkylation sites (N-methyl/N-ethyl adjacent to an activating group) is 1. The van der Waals surface area contributed by atoms with Crippen molar-refractivity contribution >= 4 is 23.3 Å². The van der Waals surface area contributed by atoms with Crippen LogP contribution in [-0.2, 0) is 17.8 Å². The van der Waals surface area contributed by atoms with E-state index < -0.39 is 6.03 Å². The quantitative estimate of drug-likeness (QED) is 0.349. The summed E-state index contributed by atoms with van der Waals surface area (Å²) in [6.07, 6.45) is 6.68. The van der Waals surface area contributed by atoms with Gasteiger partial charge in [0.1, 0.15) is 17.9 Å². The van der Waals surface area contributed by atoms with E-state index in [0.717, 1.165) is 17.0 Å². The Labute approximate surface area is 229 Å². The third-order valence-corrected chi connectivity index (χ3v) is 6.96. The van der Waals surface area contributed by atoms with E-state index in [9.17, 15) is 14.7 Å². The molecule has 3 heterocycles. The molecular formula is C29H37N6O4+. The molecule has 2 aromatic heterocycles. The Morgan fingerprint density at radius 2 is 1.92 bits per heavy atom. The van der Waals surface area contributed by atoms with Gasteiger partial charge in [0.2, 0.25) is 0 Å². The predicted molar refractivity (Wildman–Crippen MR) is 149 cm³/mol. The molecule has 1 aliphatic heterocycles. The summed E-state index contributed by atoms with van der Waals surface area (Å²) in [7, 11) is 2.05. The maximum Gasteiger partial charge on any atom is 0.323 e. The van der Waals surface area contributed by atoms with Gasteiger partial charge in [0.15, 0.2) is 0 Å². The summed E-state index contributed by atoms with van der Waals surface area (Å²) in [6.45, 7) is 5.80. The van der Waals surface area contributed by atoms with E-state index in [-0.39, 0.29) is 37.0 Å². The molecule has 0 saturated carbocycles. The minimum Gasteiger partial charge on any atom is -0.488 e. The molecule has 4 N–H and O–H groups in total. The molecule has 4 atom stereocenters. The summed E-state index contributed by atoms with van der Waals surface area (Å²) < 4.78 is 6.58. The molecule has 0 radical (unpaired) electrons. The van der Waals surface area contributed by atoms with Gasteiger partial charge in [-0.05, 0) is 62.0 Å². The zero-order valence-corrected chi connectivity index (χ0v) is 22.6. The number of hydrogen-bond donors (Lipinski definition) is 4. The molecule has 0 spiro atoms. The van der Waals surface area contributed by atoms with Crippen molar-refractivity contribution < 1.29 is 24.3 Å². The van der Waals surface area contributed by atoms with Crippen LogP contribution in [0.15, 0.2) is 67.3 Å². The smallest absolute Gasteiger partial charge is 0.323 e. The van der Waals surface area contributed by atoms with Gasteiger partial charge < -0.3 is 20.5 Å². The minimum atomic E-state index is -0.413. The number of anilines is 2. The molecular weight excluding hydrogens is 496 g/mol. The van der Waals surface area contributed by atoms with Crippen LogP contribution >= 0.6 is 0 Å².